The number of carbonyl (C=O) groups excluding carboxylic acids is 1. The maximum Gasteiger partial charge on any atom is 0.416 e. The highest BCUT2D eigenvalue weighted by atomic mass is 19.4. The van der Waals surface area contributed by atoms with Crippen LogP contribution >= 0.6 is 0 Å². The fourth-order valence-electron chi connectivity index (χ4n) is 2.19. The molecule has 1 aliphatic heterocycles. The summed E-state index contributed by atoms with van der Waals surface area (Å²) in [7, 11) is 0. The van der Waals surface area contributed by atoms with Gasteiger partial charge < -0.3 is 25.3 Å². The van der Waals surface area contributed by atoms with Crippen molar-refractivity contribution in [3.8, 4) is 5.75 Å². The Bertz CT molecular complexity index is 534. The van der Waals surface area contributed by atoms with E-state index in [1.165, 1.54) is 0 Å². The van der Waals surface area contributed by atoms with Gasteiger partial charge in [-0.2, -0.15) is 13.2 Å². The molecule has 0 spiro atoms. The zero-order valence-electron chi connectivity index (χ0n) is 11.0. The van der Waals surface area contributed by atoms with Crippen LogP contribution in [0, 0.1) is 0 Å². The first kappa shape index (κ1) is 15.3. The number of ether oxygens (including phenoxy) is 1. The zero-order chi connectivity index (χ0) is 15.6. The molecule has 2 rings (SSSR count). The number of alkyl halides is 3. The quantitative estimate of drug-likeness (QED) is 0.839. The van der Waals surface area contributed by atoms with Gasteiger partial charge in [0.05, 0.1) is 17.8 Å². The maximum atomic E-state index is 12.7. The summed E-state index contributed by atoms with van der Waals surface area (Å²) in [6.07, 6.45) is -5.26. The summed E-state index contributed by atoms with van der Waals surface area (Å²) >= 11 is 0. The number of carbonyl (C=O) groups is 1. The Morgan fingerprint density at radius 3 is 2.76 bits per heavy atom. The molecule has 1 atom stereocenters. The Morgan fingerprint density at radius 1 is 1.43 bits per heavy atom. The van der Waals surface area contributed by atoms with Crippen molar-refractivity contribution in [3.05, 3.63) is 23.8 Å². The first-order valence-corrected chi connectivity index (χ1v) is 6.36. The molecule has 0 radical (unpaired) electrons. The third-order valence-corrected chi connectivity index (χ3v) is 3.27. The lowest BCUT2D eigenvalue weighted by Crippen LogP contribution is -2.49. The van der Waals surface area contributed by atoms with Crippen LogP contribution in [-0.4, -0.2) is 30.2 Å². The predicted octanol–water partition coefficient (Wildman–Crippen LogP) is 1.47. The molecular weight excluding hydrogens is 289 g/mol. The number of benzene rings is 1. The van der Waals surface area contributed by atoms with Gasteiger partial charge in [-0.15, -0.1) is 0 Å². The van der Waals surface area contributed by atoms with Crippen molar-refractivity contribution in [2.75, 3.05) is 18.8 Å². The summed E-state index contributed by atoms with van der Waals surface area (Å²) in [6.45, 7) is 0.387. The van der Waals surface area contributed by atoms with Crippen molar-refractivity contribution < 1.29 is 27.8 Å². The summed E-state index contributed by atoms with van der Waals surface area (Å²) in [6, 6.07) is 2.82. The van der Waals surface area contributed by atoms with Gasteiger partial charge in [0.15, 0.2) is 0 Å². The van der Waals surface area contributed by atoms with Gasteiger partial charge in [0, 0.05) is 6.54 Å². The van der Waals surface area contributed by atoms with Crippen LogP contribution in [0.4, 0.5) is 23.7 Å². The number of hydrogen-bond donors (Lipinski definition) is 1. The molecule has 0 bridgehead atoms. The number of nitrogens with two attached hydrogens (primary N) is 1. The molecule has 21 heavy (non-hydrogen) atoms. The number of halogens is 3. The van der Waals surface area contributed by atoms with Crippen LogP contribution < -0.4 is 15.6 Å². The fraction of sp³-hybridized carbons (Fsp3) is 0.462. The molecule has 5 nitrogen and oxygen atoms in total. The first-order valence-electron chi connectivity index (χ1n) is 6.36. The van der Waals surface area contributed by atoms with Crippen molar-refractivity contribution in [1.82, 2.24) is 4.90 Å². The second kappa shape index (κ2) is 5.71. The number of nitrogen functional groups attached to an aromatic ring is 1. The zero-order valence-corrected chi connectivity index (χ0v) is 11.0. The molecule has 1 aromatic carbocycles. The fourth-order valence-corrected chi connectivity index (χ4v) is 2.19. The molecule has 0 aliphatic carbocycles. The minimum Gasteiger partial charge on any atom is -0.530 e. The van der Waals surface area contributed by atoms with Crippen LogP contribution in [0.15, 0.2) is 18.2 Å². The average Bonchev–Trinajstić information content (AvgIpc) is 2.40. The average molecular weight is 303 g/mol. The Morgan fingerprint density at radius 2 is 2.14 bits per heavy atom. The van der Waals surface area contributed by atoms with E-state index in [1.807, 2.05) is 0 Å². The Kier molecular flexibility index (Phi) is 4.15. The predicted molar refractivity (Wildman–Crippen MR) is 66.5 cm³/mol. The molecule has 0 saturated carbocycles. The van der Waals surface area contributed by atoms with E-state index in [-0.39, 0.29) is 18.0 Å². The van der Waals surface area contributed by atoms with Gasteiger partial charge in [0.2, 0.25) is 0 Å². The van der Waals surface area contributed by atoms with Gasteiger partial charge in [0.25, 0.3) is 0 Å². The van der Waals surface area contributed by atoms with Crippen LogP contribution in [0.2, 0.25) is 0 Å². The normalized spacial score (nSPS) is 19.4. The largest absolute Gasteiger partial charge is 0.530 e. The van der Waals surface area contributed by atoms with Gasteiger partial charge in [-0.05, 0) is 31.0 Å². The number of rotatable bonds is 2. The van der Waals surface area contributed by atoms with Gasteiger partial charge in [-0.1, -0.05) is 0 Å². The van der Waals surface area contributed by atoms with E-state index in [2.05, 4.69) is 0 Å². The highest BCUT2D eigenvalue weighted by molar-refractivity contribution is 5.62. The minimum absolute atomic E-state index is 0.0536. The van der Waals surface area contributed by atoms with Crippen LogP contribution in [0.1, 0.15) is 18.4 Å². The summed E-state index contributed by atoms with van der Waals surface area (Å²) < 4.78 is 43.4. The molecular formula is C13H14F3N2O3-. The lowest BCUT2D eigenvalue weighted by atomic mass is 10.1. The van der Waals surface area contributed by atoms with Gasteiger partial charge in [-0.3, -0.25) is 0 Å². The van der Waals surface area contributed by atoms with E-state index in [4.69, 9.17) is 10.5 Å². The Hall–Kier alpha value is -2.12. The van der Waals surface area contributed by atoms with Crippen LogP contribution in [0.25, 0.3) is 0 Å². The van der Waals surface area contributed by atoms with E-state index in [0.29, 0.717) is 19.4 Å². The lowest BCUT2D eigenvalue weighted by Gasteiger charge is -2.34. The summed E-state index contributed by atoms with van der Waals surface area (Å²) in [5.74, 6) is -0.0879. The number of carboxylic acid groups (broad SMARTS) is 1. The minimum atomic E-state index is -4.49. The molecule has 1 saturated heterocycles. The molecule has 8 heteroatoms. The highest BCUT2D eigenvalue weighted by Crippen LogP contribution is 2.34. The van der Waals surface area contributed by atoms with E-state index in [1.54, 1.807) is 0 Å². The summed E-state index contributed by atoms with van der Waals surface area (Å²) in [5, 5.41) is 10.8. The standard InChI is InChI=1S/C13H15F3N2O3/c14-13(15,16)8-3-4-10(17)11(6-8)21-9-2-1-5-18(7-9)12(19)20/h3-4,6,9H,1-2,5,7,17H2,(H,19,20)/p-1. The lowest BCUT2D eigenvalue weighted by molar-refractivity contribution is -0.267. The van der Waals surface area contributed by atoms with Crippen molar-refractivity contribution in [1.29, 1.82) is 0 Å². The smallest absolute Gasteiger partial charge is 0.416 e. The number of anilines is 1. The summed E-state index contributed by atoms with van der Waals surface area (Å²) in [5.41, 5.74) is 4.83. The van der Waals surface area contributed by atoms with Crippen molar-refractivity contribution in [3.63, 3.8) is 0 Å². The number of piperidine rings is 1. The molecule has 1 unspecified atom stereocenters. The molecule has 1 aliphatic rings. The van der Waals surface area contributed by atoms with Gasteiger partial charge in [-0.25, -0.2) is 0 Å². The second-order valence-electron chi connectivity index (χ2n) is 4.84. The Labute approximate surface area is 119 Å². The first-order chi connectivity index (χ1) is 9.77. The van der Waals surface area contributed by atoms with Crippen LogP contribution in [0.5, 0.6) is 5.75 Å². The topological polar surface area (TPSA) is 78.6 Å². The molecule has 1 amide bonds. The van der Waals surface area contributed by atoms with Crippen LogP contribution in [0.3, 0.4) is 0 Å². The van der Waals surface area contributed by atoms with E-state index < -0.39 is 23.9 Å². The van der Waals surface area contributed by atoms with Gasteiger partial charge >= 0.3 is 6.18 Å². The number of nitrogens with zero attached hydrogens (tertiary/aromatic N) is 1. The van der Waals surface area contributed by atoms with E-state index in [0.717, 1.165) is 23.1 Å². The van der Waals surface area contributed by atoms with Gasteiger partial charge in [0.1, 0.15) is 17.9 Å². The molecule has 1 fully saturated rings. The number of amides is 1. The third-order valence-electron chi connectivity index (χ3n) is 3.27. The second-order valence-corrected chi connectivity index (χ2v) is 4.84. The van der Waals surface area contributed by atoms with E-state index >= 15 is 0 Å². The number of likely N-dealkylation sites (tertiary alicyclic amines) is 1. The summed E-state index contributed by atoms with van der Waals surface area (Å²) in [4.78, 5) is 11.9. The molecule has 1 heterocycles. The molecule has 0 aromatic heterocycles. The molecule has 116 valence electrons. The number of hydrogen-bond acceptors (Lipinski definition) is 4. The van der Waals surface area contributed by atoms with Crippen LogP contribution in [-0.2, 0) is 6.18 Å². The van der Waals surface area contributed by atoms with Crippen molar-refractivity contribution in [2.45, 2.75) is 25.1 Å². The Balaban J connectivity index is 2.13. The highest BCUT2D eigenvalue weighted by Gasteiger charge is 2.31. The third kappa shape index (κ3) is 3.71. The van der Waals surface area contributed by atoms with Crippen molar-refractivity contribution >= 4 is 11.8 Å². The van der Waals surface area contributed by atoms with E-state index in [9.17, 15) is 23.1 Å². The van der Waals surface area contributed by atoms with Crippen molar-refractivity contribution in [2.24, 2.45) is 0 Å². The SMILES string of the molecule is Nc1ccc(C(F)(F)F)cc1OC1CCCN(C(=O)[O-])C1. The maximum absolute atomic E-state index is 12.7. The molecule has 1 aromatic rings. The molecule has 2 N–H and O–H groups in total. The monoisotopic (exact) mass is 303 g/mol.